The standard InChI is InChI=1S/C6H7N2O.V/c1-3-8-4-5(2)6(7)9;/h2,4H,1H3,(H2,7,9);/q-1;/i4D;. The fourth-order valence-corrected chi connectivity index (χ4v) is 0.274. The van der Waals surface area contributed by atoms with Crippen LogP contribution in [0.5, 0.6) is 0 Å². The van der Waals surface area contributed by atoms with Crippen LogP contribution in [-0.2, 0) is 21.8 Å². The van der Waals surface area contributed by atoms with E-state index in [2.05, 4.69) is 22.0 Å². The number of nitrogens with zero attached hydrogens (tertiary/aromatic N) is 1. The van der Waals surface area contributed by atoms with Crippen LogP contribution in [0.1, 0.15) is 8.29 Å². The van der Waals surface area contributed by atoms with Gasteiger partial charge in [-0.3, -0.25) is 0 Å². The molecule has 10 heavy (non-hydrogen) atoms. The van der Waals surface area contributed by atoms with Crippen LogP contribution in [0, 0.1) is 6.58 Å². The van der Waals surface area contributed by atoms with E-state index in [4.69, 9.17) is 13.7 Å². The number of carbonyl (C=O) groups is 1. The van der Waals surface area contributed by atoms with Gasteiger partial charge in [0.1, 0.15) is 0 Å². The van der Waals surface area contributed by atoms with Crippen molar-refractivity contribution in [2.75, 3.05) is 0 Å². The Balaban J connectivity index is 4.49. The summed E-state index contributed by atoms with van der Waals surface area (Å²) in [6.45, 7) is 6.78. The molecule has 3 nitrogen and oxygen atoms in total. The van der Waals surface area contributed by atoms with Gasteiger partial charge >= 0.3 is 69.4 Å². The number of hydrogen-bond acceptors (Lipinski definition) is 2. The summed E-state index contributed by atoms with van der Waals surface area (Å²) < 4.78 is 7.68. The van der Waals surface area contributed by atoms with E-state index in [-0.39, 0.29) is 11.8 Å². The molecule has 0 spiro atoms. The molecular weight excluding hydrogens is 167 g/mol. The molecule has 0 aliphatic carbocycles. The van der Waals surface area contributed by atoms with Crippen molar-refractivity contribution in [3.05, 3.63) is 12.2 Å². The zero-order valence-corrected chi connectivity index (χ0v) is 6.85. The maximum atomic E-state index is 10.4. The second-order valence-electron chi connectivity index (χ2n) is 1.55. The second-order valence-corrected chi connectivity index (χ2v) is 2.56. The molecule has 0 aliphatic rings. The molecule has 0 aromatic heterocycles. The van der Waals surface area contributed by atoms with Crippen molar-refractivity contribution in [2.24, 2.45) is 10.7 Å². The van der Waals surface area contributed by atoms with Gasteiger partial charge in [-0.05, 0) is 0 Å². The maximum absolute atomic E-state index is 10.4. The SMILES string of the molecule is [2H]C(=N[C](C)=[V])C(=[CH-])C(N)=O. The summed E-state index contributed by atoms with van der Waals surface area (Å²) in [5.41, 5.74) is 4.47. The molecule has 0 atom stereocenters. The van der Waals surface area contributed by atoms with Crippen LogP contribution in [0.2, 0.25) is 0 Å². The minimum atomic E-state index is -0.826. The van der Waals surface area contributed by atoms with Gasteiger partial charge in [-0.2, -0.15) is 0 Å². The summed E-state index contributed by atoms with van der Waals surface area (Å²) in [4.78, 5) is 14.0. The summed E-state index contributed by atoms with van der Waals surface area (Å²) >= 11 is 2.13. The van der Waals surface area contributed by atoms with Crippen LogP contribution >= 0.6 is 0 Å². The van der Waals surface area contributed by atoms with E-state index in [0.717, 1.165) is 0 Å². The minimum absolute atomic E-state index is 0.296. The second kappa shape index (κ2) is 4.20. The van der Waals surface area contributed by atoms with E-state index in [1.165, 1.54) is 0 Å². The van der Waals surface area contributed by atoms with E-state index in [0.29, 0.717) is 4.35 Å². The number of primary amides is 1. The average molecular weight is 175 g/mol. The predicted molar refractivity (Wildman–Crippen MR) is 36.2 cm³/mol. The fraction of sp³-hybridized carbons (Fsp3) is 0.167. The van der Waals surface area contributed by atoms with Gasteiger partial charge in [0.05, 0.1) is 0 Å². The Morgan fingerprint density at radius 3 is 2.80 bits per heavy atom. The van der Waals surface area contributed by atoms with Crippen molar-refractivity contribution < 1.29 is 23.1 Å². The Hall–Kier alpha value is -0.666. The van der Waals surface area contributed by atoms with E-state index < -0.39 is 5.91 Å². The summed E-state index contributed by atoms with van der Waals surface area (Å²) in [6.07, 6.45) is -0.296. The first kappa shape index (κ1) is 7.44. The Bertz CT molecular complexity index is 247. The van der Waals surface area contributed by atoms with Crippen LogP contribution in [0.3, 0.4) is 0 Å². The molecule has 1 amide bonds. The third-order valence-corrected chi connectivity index (χ3v) is 0.760. The molecule has 0 aromatic rings. The Labute approximate surface area is 69.9 Å². The van der Waals surface area contributed by atoms with Crippen LogP contribution < -0.4 is 5.73 Å². The van der Waals surface area contributed by atoms with Gasteiger partial charge in [0, 0.05) is 0 Å². The topological polar surface area (TPSA) is 55.4 Å². The molecule has 0 rings (SSSR count). The van der Waals surface area contributed by atoms with Crippen molar-refractivity contribution >= 4 is 16.4 Å². The van der Waals surface area contributed by atoms with Crippen molar-refractivity contribution in [1.82, 2.24) is 0 Å². The van der Waals surface area contributed by atoms with Crippen LogP contribution in [0.4, 0.5) is 0 Å². The van der Waals surface area contributed by atoms with Gasteiger partial charge in [-0.25, -0.2) is 0 Å². The molecule has 0 aliphatic heterocycles. The average Bonchev–Trinajstić information content (AvgIpc) is 1.84. The molecule has 0 radical (unpaired) electrons. The zero-order valence-electron chi connectivity index (χ0n) is 6.46. The summed E-state index contributed by atoms with van der Waals surface area (Å²) in [5.74, 6) is -0.826. The molecule has 0 saturated carbocycles. The van der Waals surface area contributed by atoms with E-state index in [1.54, 1.807) is 6.92 Å². The van der Waals surface area contributed by atoms with E-state index >= 15 is 0 Å². The number of nitrogens with two attached hydrogens (primary N) is 1. The van der Waals surface area contributed by atoms with Gasteiger partial charge < -0.3 is 0 Å². The third-order valence-electron chi connectivity index (χ3n) is 0.604. The first-order valence-electron chi connectivity index (χ1n) is 2.95. The van der Waals surface area contributed by atoms with Crippen LogP contribution in [0.15, 0.2) is 10.6 Å². The molecule has 0 bridgehead atoms. The number of hydrogen-bond donors (Lipinski definition) is 1. The van der Waals surface area contributed by atoms with Crippen molar-refractivity contribution in [2.45, 2.75) is 6.92 Å². The Kier molecular flexibility index (Phi) is 3.12. The zero-order chi connectivity index (χ0) is 9.02. The first-order chi connectivity index (χ1) is 4.95. The molecule has 2 N–H and O–H groups in total. The number of rotatable bonds is 3. The molecular formula is C6H7N2OV-. The normalized spacial score (nSPS) is 12.0. The van der Waals surface area contributed by atoms with E-state index in [1.807, 2.05) is 0 Å². The van der Waals surface area contributed by atoms with Crippen molar-refractivity contribution in [3.63, 3.8) is 0 Å². The monoisotopic (exact) mass is 175 g/mol. The molecule has 4 heteroatoms. The van der Waals surface area contributed by atoms with Crippen molar-refractivity contribution in [1.29, 1.82) is 0 Å². The van der Waals surface area contributed by atoms with Gasteiger partial charge in [0.2, 0.25) is 0 Å². The van der Waals surface area contributed by atoms with Crippen molar-refractivity contribution in [3.8, 4) is 0 Å². The molecule has 0 aromatic carbocycles. The molecule has 53 valence electrons. The number of aliphatic imine (C=N–C) groups is 1. The van der Waals surface area contributed by atoms with Gasteiger partial charge in [0.25, 0.3) is 0 Å². The molecule has 0 saturated heterocycles. The van der Waals surface area contributed by atoms with Gasteiger partial charge in [-0.1, -0.05) is 0 Å². The fourth-order valence-electron chi connectivity index (χ4n) is 0.196. The number of carbonyl (C=O) groups excluding carboxylic acids is 1. The Morgan fingerprint density at radius 1 is 2.00 bits per heavy atom. The first-order valence-corrected chi connectivity index (χ1v) is 3.15. The van der Waals surface area contributed by atoms with Gasteiger partial charge in [-0.15, -0.1) is 0 Å². The predicted octanol–water partition coefficient (Wildman–Crippen LogP) is -0.402. The summed E-state index contributed by atoms with van der Waals surface area (Å²) in [7, 11) is 0. The molecule has 0 fully saturated rings. The third kappa shape index (κ3) is 4.24. The number of amides is 1. The summed E-state index contributed by atoms with van der Waals surface area (Å²) in [6, 6.07) is 0. The molecule has 0 heterocycles. The quantitative estimate of drug-likeness (QED) is 0.354. The molecule has 0 unspecified atom stereocenters. The summed E-state index contributed by atoms with van der Waals surface area (Å²) in [5, 5.41) is 0. The van der Waals surface area contributed by atoms with E-state index in [9.17, 15) is 4.79 Å². The van der Waals surface area contributed by atoms with Crippen LogP contribution in [-0.4, -0.2) is 16.4 Å². The van der Waals surface area contributed by atoms with Crippen LogP contribution in [0.25, 0.3) is 0 Å². The Morgan fingerprint density at radius 2 is 2.50 bits per heavy atom. The van der Waals surface area contributed by atoms with Gasteiger partial charge in [0.15, 0.2) is 0 Å².